The second kappa shape index (κ2) is 3.19. The quantitative estimate of drug-likeness (QED) is 0.631. The van der Waals surface area contributed by atoms with Gasteiger partial charge in [0.15, 0.2) is 0 Å². The van der Waals surface area contributed by atoms with E-state index in [1.54, 1.807) is 0 Å². The second-order valence-corrected chi connectivity index (χ2v) is 3.05. The molecule has 10 heavy (non-hydrogen) atoms. The number of oxime groups is 1. The molecular formula is C7H10BrNO. The first-order valence-corrected chi connectivity index (χ1v) is 4.30. The number of alkyl halides is 1. The highest BCUT2D eigenvalue weighted by atomic mass is 79.9. The van der Waals surface area contributed by atoms with Gasteiger partial charge >= 0.3 is 0 Å². The Kier molecular flexibility index (Phi) is 2.49. The van der Waals surface area contributed by atoms with E-state index >= 15 is 0 Å². The van der Waals surface area contributed by atoms with Crippen LogP contribution in [0.2, 0.25) is 0 Å². The Hall–Kier alpha value is -0.310. The molecule has 56 valence electrons. The van der Waals surface area contributed by atoms with Gasteiger partial charge in [-0.05, 0) is 12.5 Å². The van der Waals surface area contributed by atoms with E-state index in [1.165, 1.54) is 0 Å². The van der Waals surface area contributed by atoms with Gasteiger partial charge in [-0.15, -0.1) is 0 Å². The summed E-state index contributed by atoms with van der Waals surface area (Å²) in [5.74, 6) is 0. The fourth-order valence-electron chi connectivity index (χ4n) is 0.763. The third kappa shape index (κ3) is 1.59. The third-order valence-corrected chi connectivity index (χ3v) is 2.12. The summed E-state index contributed by atoms with van der Waals surface area (Å²) in [6, 6.07) is 0. The molecule has 0 aliphatic carbocycles. The Morgan fingerprint density at radius 3 is 3.00 bits per heavy atom. The van der Waals surface area contributed by atoms with Crippen LogP contribution in [0.3, 0.4) is 0 Å². The molecule has 1 rings (SSSR count). The Bertz CT molecular complexity index is 176. The average Bonchev–Trinajstić information content (AvgIpc) is 2.34. The second-order valence-electron chi connectivity index (χ2n) is 2.40. The van der Waals surface area contributed by atoms with Crippen LogP contribution < -0.4 is 0 Å². The van der Waals surface area contributed by atoms with Gasteiger partial charge in [-0.3, -0.25) is 0 Å². The van der Waals surface area contributed by atoms with Crippen LogP contribution >= 0.6 is 15.9 Å². The molecule has 0 aromatic heterocycles. The maximum absolute atomic E-state index is 5.06. The fourth-order valence-corrected chi connectivity index (χ4v) is 1.11. The summed E-state index contributed by atoms with van der Waals surface area (Å²) in [6.45, 7) is 5.72. The zero-order valence-electron chi connectivity index (χ0n) is 5.93. The monoisotopic (exact) mass is 203 g/mol. The van der Waals surface area contributed by atoms with Gasteiger partial charge in [-0.25, -0.2) is 0 Å². The first kappa shape index (κ1) is 7.79. The molecule has 0 aromatic carbocycles. The zero-order chi connectivity index (χ0) is 7.56. The normalized spacial score (nSPS) is 23.8. The molecule has 2 nitrogen and oxygen atoms in total. The third-order valence-electron chi connectivity index (χ3n) is 1.40. The molecule has 0 fully saturated rings. The van der Waals surface area contributed by atoms with Crippen molar-refractivity contribution < 1.29 is 4.84 Å². The molecule has 1 aliphatic rings. The van der Waals surface area contributed by atoms with Gasteiger partial charge in [0.1, 0.15) is 6.10 Å². The Balaban J connectivity index is 2.47. The first-order valence-electron chi connectivity index (χ1n) is 3.18. The Labute approximate surface area is 69.1 Å². The van der Waals surface area contributed by atoms with E-state index in [1.807, 2.05) is 6.92 Å². The molecule has 0 radical (unpaired) electrons. The van der Waals surface area contributed by atoms with E-state index in [9.17, 15) is 0 Å². The summed E-state index contributed by atoms with van der Waals surface area (Å²) in [5.41, 5.74) is 1.99. The van der Waals surface area contributed by atoms with Crippen molar-refractivity contribution in [2.45, 2.75) is 19.4 Å². The summed E-state index contributed by atoms with van der Waals surface area (Å²) in [6.07, 6.45) is 1.10. The highest BCUT2D eigenvalue weighted by molar-refractivity contribution is 9.09. The molecule has 1 aliphatic heterocycles. The van der Waals surface area contributed by atoms with Crippen LogP contribution in [0.15, 0.2) is 17.3 Å². The summed E-state index contributed by atoms with van der Waals surface area (Å²) in [4.78, 5) is 5.06. The lowest BCUT2D eigenvalue weighted by Crippen LogP contribution is -2.08. The van der Waals surface area contributed by atoms with Crippen LogP contribution in [0, 0.1) is 0 Å². The van der Waals surface area contributed by atoms with Crippen LogP contribution in [0.5, 0.6) is 0 Å². The highest BCUT2D eigenvalue weighted by Gasteiger charge is 2.19. The van der Waals surface area contributed by atoms with Gasteiger partial charge in [0.25, 0.3) is 0 Å². The Morgan fingerprint density at radius 1 is 2.00 bits per heavy atom. The molecule has 0 aromatic rings. The summed E-state index contributed by atoms with van der Waals surface area (Å²) < 4.78 is 0. The maximum Gasteiger partial charge on any atom is 0.142 e. The number of nitrogens with zero attached hydrogens (tertiary/aromatic N) is 1. The van der Waals surface area contributed by atoms with Crippen molar-refractivity contribution in [1.82, 2.24) is 0 Å². The first-order chi connectivity index (χ1) is 4.74. The molecule has 1 unspecified atom stereocenters. The van der Waals surface area contributed by atoms with Gasteiger partial charge in [-0.1, -0.05) is 27.7 Å². The van der Waals surface area contributed by atoms with E-state index in [-0.39, 0.29) is 6.10 Å². The minimum Gasteiger partial charge on any atom is -0.391 e. The van der Waals surface area contributed by atoms with Gasteiger partial charge in [0, 0.05) is 11.8 Å². The summed E-state index contributed by atoms with van der Waals surface area (Å²) in [7, 11) is 0. The molecule has 0 saturated heterocycles. The molecule has 1 atom stereocenters. The average molecular weight is 204 g/mol. The molecule has 0 amide bonds. The van der Waals surface area contributed by atoms with Crippen molar-refractivity contribution in [3.8, 4) is 0 Å². The van der Waals surface area contributed by atoms with E-state index in [0.29, 0.717) is 0 Å². The van der Waals surface area contributed by atoms with E-state index < -0.39 is 0 Å². The lowest BCUT2D eigenvalue weighted by Gasteiger charge is -2.00. The number of hydrogen-bond acceptors (Lipinski definition) is 2. The molecule has 0 spiro atoms. The van der Waals surface area contributed by atoms with Gasteiger partial charge in [0.05, 0.1) is 5.71 Å². The molecule has 1 heterocycles. The Morgan fingerprint density at radius 2 is 2.70 bits per heavy atom. The van der Waals surface area contributed by atoms with Gasteiger partial charge in [0.2, 0.25) is 0 Å². The topological polar surface area (TPSA) is 21.6 Å². The van der Waals surface area contributed by atoms with Crippen LogP contribution in [0.4, 0.5) is 0 Å². The van der Waals surface area contributed by atoms with Crippen molar-refractivity contribution >= 4 is 21.6 Å². The fraction of sp³-hybridized carbons (Fsp3) is 0.571. The van der Waals surface area contributed by atoms with Crippen LogP contribution in [0.25, 0.3) is 0 Å². The van der Waals surface area contributed by atoms with E-state index in [4.69, 9.17) is 4.84 Å². The van der Waals surface area contributed by atoms with E-state index in [2.05, 4.69) is 27.7 Å². The predicted molar refractivity (Wildman–Crippen MR) is 45.5 cm³/mol. The summed E-state index contributed by atoms with van der Waals surface area (Å²) in [5, 5.41) is 4.72. The highest BCUT2D eigenvalue weighted by Crippen LogP contribution is 2.15. The minimum absolute atomic E-state index is 0.215. The largest absolute Gasteiger partial charge is 0.391 e. The van der Waals surface area contributed by atoms with Gasteiger partial charge in [-0.2, -0.15) is 0 Å². The van der Waals surface area contributed by atoms with Crippen molar-refractivity contribution in [2.24, 2.45) is 5.16 Å². The molecule has 0 N–H and O–H groups in total. The van der Waals surface area contributed by atoms with Gasteiger partial charge < -0.3 is 4.84 Å². The standard InChI is InChI=1S/C7H10BrNO/c1-5(2)7-3-6(4-8)10-9-7/h6H,1,3-4H2,2H3. The molecule has 0 bridgehead atoms. The number of hydrogen-bond donors (Lipinski definition) is 0. The van der Waals surface area contributed by atoms with Crippen LogP contribution in [-0.4, -0.2) is 17.1 Å². The molecular weight excluding hydrogens is 194 g/mol. The lowest BCUT2D eigenvalue weighted by atomic mass is 10.1. The minimum atomic E-state index is 0.215. The molecule has 0 saturated carbocycles. The van der Waals surface area contributed by atoms with Crippen LogP contribution in [-0.2, 0) is 4.84 Å². The van der Waals surface area contributed by atoms with Crippen molar-refractivity contribution in [2.75, 3.05) is 5.33 Å². The van der Waals surface area contributed by atoms with E-state index in [0.717, 1.165) is 23.0 Å². The smallest absolute Gasteiger partial charge is 0.142 e. The maximum atomic E-state index is 5.06. The van der Waals surface area contributed by atoms with Crippen molar-refractivity contribution in [3.63, 3.8) is 0 Å². The SMILES string of the molecule is C=C(C)C1=NOC(CBr)C1. The number of rotatable bonds is 2. The lowest BCUT2D eigenvalue weighted by molar-refractivity contribution is 0.104. The van der Waals surface area contributed by atoms with Crippen molar-refractivity contribution in [1.29, 1.82) is 0 Å². The molecule has 3 heteroatoms. The predicted octanol–water partition coefficient (Wildman–Crippen LogP) is 2.10. The number of halogens is 1. The summed E-state index contributed by atoms with van der Waals surface area (Å²) >= 11 is 3.32. The van der Waals surface area contributed by atoms with Crippen LogP contribution in [0.1, 0.15) is 13.3 Å². The zero-order valence-corrected chi connectivity index (χ0v) is 7.52. The van der Waals surface area contributed by atoms with Crippen molar-refractivity contribution in [3.05, 3.63) is 12.2 Å². The number of allylic oxidation sites excluding steroid dienone is 1.